The average molecular weight is 401 g/mol. The van der Waals surface area contributed by atoms with Gasteiger partial charge in [-0.3, -0.25) is 9.59 Å². The van der Waals surface area contributed by atoms with Crippen molar-refractivity contribution >= 4 is 23.2 Å². The Kier molecular flexibility index (Phi) is 6.36. The topological polar surface area (TPSA) is 58.2 Å². The minimum Gasteiger partial charge on any atom is -0.322 e. The molecule has 0 aliphatic carbocycles. The third kappa shape index (κ3) is 5.35. The molecule has 2 amide bonds. The number of hydrogen-bond donors (Lipinski definition) is 2. The van der Waals surface area contributed by atoms with Gasteiger partial charge in [-0.25, -0.2) is 0 Å². The zero-order chi connectivity index (χ0) is 21.7. The summed E-state index contributed by atoms with van der Waals surface area (Å²) in [6, 6.07) is 22.3. The van der Waals surface area contributed by atoms with Gasteiger partial charge in [-0.15, -0.1) is 0 Å². The van der Waals surface area contributed by atoms with Gasteiger partial charge in [0.15, 0.2) is 0 Å². The van der Waals surface area contributed by atoms with Gasteiger partial charge in [-0.1, -0.05) is 58.0 Å². The van der Waals surface area contributed by atoms with Crippen LogP contribution in [0.1, 0.15) is 59.5 Å². The minimum atomic E-state index is -0.186. The Morgan fingerprint density at radius 1 is 0.733 bits per heavy atom. The van der Waals surface area contributed by atoms with Gasteiger partial charge in [0.2, 0.25) is 0 Å². The van der Waals surface area contributed by atoms with E-state index in [0.29, 0.717) is 22.5 Å². The van der Waals surface area contributed by atoms with Crippen LogP contribution >= 0.6 is 0 Å². The first kappa shape index (κ1) is 21.3. The quantitative estimate of drug-likeness (QED) is 0.548. The standard InChI is InChI=1S/C26H28N2O2/c1-5-18-9-11-19(12-10-18)24(29)27-22-7-6-8-23(17-22)28-25(30)20-13-15-21(16-14-20)26(2,3)4/h6-17H,5H2,1-4H3,(H,27,29)(H,28,30). The van der Waals surface area contributed by atoms with Crippen LogP contribution < -0.4 is 10.6 Å². The smallest absolute Gasteiger partial charge is 0.255 e. The molecule has 0 fully saturated rings. The van der Waals surface area contributed by atoms with Crippen LogP contribution in [0.25, 0.3) is 0 Å². The van der Waals surface area contributed by atoms with Crippen molar-refractivity contribution in [1.29, 1.82) is 0 Å². The summed E-state index contributed by atoms with van der Waals surface area (Å²) in [4.78, 5) is 25.1. The van der Waals surface area contributed by atoms with E-state index >= 15 is 0 Å². The molecule has 2 N–H and O–H groups in total. The van der Waals surface area contributed by atoms with Gasteiger partial charge in [-0.2, -0.15) is 0 Å². The van der Waals surface area contributed by atoms with Gasteiger partial charge in [0.25, 0.3) is 11.8 Å². The molecule has 0 bridgehead atoms. The molecule has 4 heteroatoms. The Morgan fingerprint density at radius 2 is 1.20 bits per heavy atom. The summed E-state index contributed by atoms with van der Waals surface area (Å²) in [5, 5.41) is 5.78. The van der Waals surface area contributed by atoms with E-state index in [9.17, 15) is 9.59 Å². The molecular weight excluding hydrogens is 372 g/mol. The SMILES string of the molecule is CCc1ccc(C(=O)Nc2cccc(NC(=O)c3ccc(C(C)(C)C)cc3)c2)cc1. The number of anilines is 2. The van der Waals surface area contributed by atoms with Gasteiger partial charge in [-0.05, 0) is 65.4 Å². The monoisotopic (exact) mass is 400 g/mol. The van der Waals surface area contributed by atoms with Gasteiger partial charge in [0.05, 0.1) is 0 Å². The number of benzene rings is 3. The van der Waals surface area contributed by atoms with Crippen molar-refractivity contribution in [3.63, 3.8) is 0 Å². The van der Waals surface area contributed by atoms with Gasteiger partial charge < -0.3 is 10.6 Å². The van der Waals surface area contributed by atoms with Crippen LogP contribution in [0.4, 0.5) is 11.4 Å². The second kappa shape index (κ2) is 8.95. The summed E-state index contributed by atoms with van der Waals surface area (Å²) in [6.45, 7) is 8.49. The second-order valence-electron chi connectivity index (χ2n) is 8.37. The van der Waals surface area contributed by atoms with Crippen molar-refractivity contribution in [2.24, 2.45) is 0 Å². The number of nitrogens with one attached hydrogen (secondary N) is 2. The van der Waals surface area contributed by atoms with Crippen LogP contribution in [0.2, 0.25) is 0 Å². The Morgan fingerprint density at radius 3 is 1.63 bits per heavy atom. The third-order valence-electron chi connectivity index (χ3n) is 5.02. The maximum Gasteiger partial charge on any atom is 0.255 e. The predicted octanol–water partition coefficient (Wildman–Crippen LogP) is 6.05. The Bertz CT molecular complexity index is 1030. The van der Waals surface area contributed by atoms with E-state index in [1.54, 1.807) is 24.3 Å². The molecule has 0 aliphatic heterocycles. The summed E-state index contributed by atoms with van der Waals surface area (Å²) in [5.74, 6) is -0.368. The van der Waals surface area contributed by atoms with E-state index in [-0.39, 0.29) is 17.2 Å². The van der Waals surface area contributed by atoms with Gasteiger partial charge >= 0.3 is 0 Å². The summed E-state index contributed by atoms with van der Waals surface area (Å²) in [6.07, 6.45) is 0.933. The molecule has 0 atom stereocenters. The number of amides is 2. The largest absolute Gasteiger partial charge is 0.322 e. The molecule has 0 aliphatic rings. The second-order valence-corrected chi connectivity index (χ2v) is 8.37. The summed E-state index contributed by atoms with van der Waals surface area (Å²) in [5.41, 5.74) is 4.84. The molecule has 30 heavy (non-hydrogen) atoms. The first-order valence-electron chi connectivity index (χ1n) is 10.2. The van der Waals surface area contributed by atoms with Crippen molar-refractivity contribution in [2.75, 3.05) is 10.6 Å². The Labute approximate surface area is 178 Å². The highest BCUT2D eigenvalue weighted by molar-refractivity contribution is 6.06. The van der Waals surface area contributed by atoms with Crippen LogP contribution in [0.15, 0.2) is 72.8 Å². The molecule has 0 saturated heterocycles. The number of aryl methyl sites for hydroxylation is 1. The van der Waals surface area contributed by atoms with Gasteiger partial charge in [0.1, 0.15) is 0 Å². The maximum absolute atomic E-state index is 12.6. The van der Waals surface area contributed by atoms with E-state index in [1.807, 2.05) is 48.5 Å². The van der Waals surface area contributed by atoms with Crippen molar-refractivity contribution in [1.82, 2.24) is 0 Å². The van der Waals surface area contributed by atoms with Crippen molar-refractivity contribution in [3.05, 3.63) is 95.1 Å². The fraction of sp³-hybridized carbons (Fsp3) is 0.231. The molecule has 3 aromatic rings. The fourth-order valence-corrected chi connectivity index (χ4v) is 3.09. The number of hydrogen-bond acceptors (Lipinski definition) is 2. The minimum absolute atomic E-state index is 0.0401. The first-order valence-corrected chi connectivity index (χ1v) is 10.2. The average Bonchev–Trinajstić information content (AvgIpc) is 2.73. The van der Waals surface area contributed by atoms with Gasteiger partial charge in [0, 0.05) is 22.5 Å². The first-order chi connectivity index (χ1) is 14.3. The Balaban J connectivity index is 1.67. The number of carbonyl (C=O) groups excluding carboxylic acids is 2. The maximum atomic E-state index is 12.6. The summed E-state index contributed by atoms with van der Waals surface area (Å²) >= 11 is 0. The lowest BCUT2D eigenvalue weighted by Crippen LogP contribution is -2.15. The zero-order valence-electron chi connectivity index (χ0n) is 18.0. The van der Waals surface area contributed by atoms with Crippen LogP contribution in [0.5, 0.6) is 0 Å². The summed E-state index contributed by atoms with van der Waals surface area (Å²) in [7, 11) is 0. The molecule has 0 saturated carbocycles. The van der Waals surface area contributed by atoms with E-state index in [0.717, 1.165) is 6.42 Å². The van der Waals surface area contributed by atoms with Crippen molar-refractivity contribution in [3.8, 4) is 0 Å². The molecule has 0 radical (unpaired) electrons. The lowest BCUT2D eigenvalue weighted by Gasteiger charge is -2.19. The van der Waals surface area contributed by atoms with Crippen LogP contribution in [0.3, 0.4) is 0 Å². The molecule has 3 rings (SSSR count). The van der Waals surface area contributed by atoms with Crippen LogP contribution in [0, 0.1) is 0 Å². The molecule has 3 aromatic carbocycles. The molecule has 0 aromatic heterocycles. The number of rotatable bonds is 5. The molecular formula is C26H28N2O2. The van der Waals surface area contributed by atoms with Crippen molar-refractivity contribution in [2.45, 2.75) is 39.5 Å². The van der Waals surface area contributed by atoms with Crippen LogP contribution in [-0.4, -0.2) is 11.8 Å². The lowest BCUT2D eigenvalue weighted by molar-refractivity contribution is 0.101. The predicted molar refractivity (Wildman–Crippen MR) is 123 cm³/mol. The van der Waals surface area contributed by atoms with E-state index in [1.165, 1.54) is 11.1 Å². The van der Waals surface area contributed by atoms with Crippen LogP contribution in [-0.2, 0) is 11.8 Å². The third-order valence-corrected chi connectivity index (χ3v) is 5.02. The highest BCUT2D eigenvalue weighted by Gasteiger charge is 2.14. The zero-order valence-corrected chi connectivity index (χ0v) is 18.0. The lowest BCUT2D eigenvalue weighted by atomic mass is 9.87. The highest BCUT2D eigenvalue weighted by atomic mass is 16.2. The molecule has 4 nitrogen and oxygen atoms in total. The fourth-order valence-electron chi connectivity index (χ4n) is 3.09. The Hall–Kier alpha value is -3.40. The highest BCUT2D eigenvalue weighted by Crippen LogP contribution is 2.23. The van der Waals surface area contributed by atoms with Crippen molar-refractivity contribution < 1.29 is 9.59 Å². The normalized spacial score (nSPS) is 11.1. The van der Waals surface area contributed by atoms with E-state index in [4.69, 9.17) is 0 Å². The van der Waals surface area contributed by atoms with E-state index < -0.39 is 0 Å². The molecule has 0 spiro atoms. The molecule has 0 heterocycles. The summed E-state index contributed by atoms with van der Waals surface area (Å²) < 4.78 is 0. The molecule has 154 valence electrons. The molecule has 0 unspecified atom stereocenters. The van der Waals surface area contributed by atoms with E-state index in [2.05, 4.69) is 38.3 Å². The number of carbonyl (C=O) groups is 2.